The number of hydrogen-bond donors (Lipinski definition) is 3. The van der Waals surface area contributed by atoms with E-state index in [1.165, 1.54) is 0 Å². The van der Waals surface area contributed by atoms with E-state index in [-0.39, 0.29) is 23.7 Å². The number of anilines is 1. The van der Waals surface area contributed by atoms with E-state index >= 15 is 0 Å². The van der Waals surface area contributed by atoms with Gasteiger partial charge in [-0.2, -0.15) is 5.10 Å². The second-order valence-electron chi connectivity index (χ2n) is 6.63. The van der Waals surface area contributed by atoms with Crippen molar-refractivity contribution < 1.29 is 14.4 Å². The highest BCUT2D eigenvalue weighted by molar-refractivity contribution is 6.40. The van der Waals surface area contributed by atoms with Crippen LogP contribution in [0.4, 0.5) is 5.69 Å². The monoisotopic (exact) mass is 406 g/mol. The summed E-state index contributed by atoms with van der Waals surface area (Å²) in [4.78, 5) is 41.0. The van der Waals surface area contributed by atoms with Crippen LogP contribution in [0.25, 0.3) is 0 Å². The highest BCUT2D eigenvalue weighted by atomic mass is 16.2. The molecule has 0 radical (unpaired) electrons. The van der Waals surface area contributed by atoms with Crippen LogP contribution in [0.3, 0.4) is 0 Å². The maximum absolute atomic E-state index is 12.6. The smallest absolute Gasteiger partial charge is 0.313 e. The molecule has 0 atom stereocenters. The summed E-state index contributed by atoms with van der Waals surface area (Å²) in [6.07, 6.45) is 5.05. The van der Waals surface area contributed by atoms with E-state index in [1.54, 1.807) is 66.7 Å². The van der Waals surface area contributed by atoms with E-state index in [2.05, 4.69) is 26.0 Å². The van der Waals surface area contributed by atoms with Gasteiger partial charge in [-0.05, 0) is 36.8 Å². The first-order valence-electron chi connectivity index (χ1n) is 9.28. The fourth-order valence-electron chi connectivity index (χ4n) is 2.83. The number of aromatic nitrogens is 3. The van der Waals surface area contributed by atoms with Crippen LogP contribution in [0, 0.1) is 6.92 Å². The van der Waals surface area contributed by atoms with Gasteiger partial charge in [-0.15, -0.1) is 0 Å². The molecule has 9 nitrogen and oxygen atoms in total. The number of aryl methyl sites for hydroxylation is 2. The Labute approximate surface area is 173 Å². The number of para-hydroxylation sites is 1. The van der Waals surface area contributed by atoms with Crippen molar-refractivity contribution in [2.75, 3.05) is 5.32 Å². The van der Waals surface area contributed by atoms with Crippen LogP contribution in [-0.2, 0) is 29.7 Å². The summed E-state index contributed by atoms with van der Waals surface area (Å²) in [6.45, 7) is 2.32. The number of rotatable bonds is 6. The Morgan fingerprint density at radius 2 is 1.70 bits per heavy atom. The zero-order valence-corrected chi connectivity index (χ0v) is 16.7. The molecule has 3 amide bonds. The zero-order valence-electron chi connectivity index (χ0n) is 16.7. The standard InChI is InChI=1S/C21H22N6O3/c1-14-16(13-27(2)26-14)12-24-20(29)21(30)25-18-6-4-3-5-17(18)19(28)23-11-15-7-9-22-10-8-15/h3-10,13H,11-12H2,1-2H3,(H,23,28)(H,24,29)(H,25,30). The van der Waals surface area contributed by atoms with E-state index in [0.717, 1.165) is 16.8 Å². The molecule has 2 aromatic heterocycles. The van der Waals surface area contributed by atoms with Gasteiger partial charge in [-0.3, -0.25) is 24.0 Å². The maximum atomic E-state index is 12.6. The number of nitrogens with one attached hydrogen (secondary N) is 3. The average molecular weight is 406 g/mol. The van der Waals surface area contributed by atoms with Crippen molar-refractivity contribution in [3.05, 3.63) is 77.4 Å². The molecule has 0 saturated carbocycles. The number of carbonyl (C=O) groups excluding carboxylic acids is 3. The van der Waals surface area contributed by atoms with E-state index < -0.39 is 11.8 Å². The molecular formula is C21H22N6O3. The summed E-state index contributed by atoms with van der Waals surface area (Å²) < 4.78 is 1.64. The van der Waals surface area contributed by atoms with Crippen LogP contribution < -0.4 is 16.0 Å². The van der Waals surface area contributed by atoms with Crippen molar-refractivity contribution in [2.24, 2.45) is 7.05 Å². The Bertz CT molecular complexity index is 1060. The third-order valence-electron chi connectivity index (χ3n) is 4.38. The second kappa shape index (κ2) is 9.46. The number of benzene rings is 1. The molecule has 30 heavy (non-hydrogen) atoms. The molecule has 0 spiro atoms. The Morgan fingerprint density at radius 3 is 2.40 bits per heavy atom. The normalized spacial score (nSPS) is 10.3. The predicted molar refractivity (Wildman–Crippen MR) is 110 cm³/mol. The first kappa shape index (κ1) is 20.7. The van der Waals surface area contributed by atoms with Crippen LogP contribution >= 0.6 is 0 Å². The summed E-state index contributed by atoms with van der Waals surface area (Å²) in [5.41, 5.74) is 2.99. The number of pyridine rings is 1. The average Bonchev–Trinajstić information content (AvgIpc) is 3.08. The first-order chi connectivity index (χ1) is 14.4. The molecule has 9 heteroatoms. The predicted octanol–water partition coefficient (Wildman–Crippen LogP) is 1.31. The first-order valence-corrected chi connectivity index (χ1v) is 9.28. The number of hydrogen-bond acceptors (Lipinski definition) is 5. The summed E-state index contributed by atoms with van der Waals surface area (Å²) in [5, 5.41) is 12.0. The minimum Gasteiger partial charge on any atom is -0.348 e. The Hall–Kier alpha value is -4.01. The van der Waals surface area contributed by atoms with Crippen LogP contribution in [0.5, 0.6) is 0 Å². The summed E-state index contributed by atoms with van der Waals surface area (Å²) in [6, 6.07) is 10.1. The largest absolute Gasteiger partial charge is 0.348 e. The maximum Gasteiger partial charge on any atom is 0.313 e. The van der Waals surface area contributed by atoms with Gasteiger partial charge in [0.25, 0.3) is 5.91 Å². The van der Waals surface area contributed by atoms with Gasteiger partial charge in [-0.25, -0.2) is 0 Å². The molecule has 3 N–H and O–H groups in total. The Kier molecular flexibility index (Phi) is 6.53. The van der Waals surface area contributed by atoms with Crippen molar-refractivity contribution in [1.29, 1.82) is 0 Å². The summed E-state index contributed by atoms with van der Waals surface area (Å²) >= 11 is 0. The minimum atomic E-state index is -0.856. The van der Waals surface area contributed by atoms with Crippen LogP contribution in [-0.4, -0.2) is 32.5 Å². The molecule has 2 heterocycles. The van der Waals surface area contributed by atoms with Gasteiger partial charge >= 0.3 is 11.8 Å². The Balaban J connectivity index is 1.60. The van der Waals surface area contributed by atoms with Gasteiger partial charge in [0.05, 0.1) is 16.9 Å². The topological polar surface area (TPSA) is 118 Å². The molecule has 0 unspecified atom stereocenters. The van der Waals surface area contributed by atoms with E-state index in [4.69, 9.17) is 0 Å². The SMILES string of the molecule is Cc1nn(C)cc1CNC(=O)C(=O)Nc1ccccc1C(=O)NCc1ccncc1. The number of carbonyl (C=O) groups is 3. The van der Waals surface area contributed by atoms with Gasteiger partial charge in [0, 0.05) is 44.3 Å². The van der Waals surface area contributed by atoms with E-state index in [1.807, 2.05) is 6.92 Å². The van der Waals surface area contributed by atoms with Crippen LogP contribution in [0.1, 0.15) is 27.2 Å². The van der Waals surface area contributed by atoms with Crippen molar-refractivity contribution in [3.63, 3.8) is 0 Å². The highest BCUT2D eigenvalue weighted by Gasteiger charge is 2.18. The minimum absolute atomic E-state index is 0.181. The van der Waals surface area contributed by atoms with Gasteiger partial charge in [0.15, 0.2) is 0 Å². The molecule has 0 aliphatic rings. The molecule has 154 valence electrons. The fraction of sp³-hybridized carbons (Fsp3) is 0.190. The number of amides is 3. The molecule has 0 aliphatic heterocycles. The van der Waals surface area contributed by atoms with Crippen molar-refractivity contribution >= 4 is 23.4 Å². The van der Waals surface area contributed by atoms with Crippen molar-refractivity contribution in [2.45, 2.75) is 20.0 Å². The highest BCUT2D eigenvalue weighted by Crippen LogP contribution is 2.15. The lowest BCUT2D eigenvalue weighted by Crippen LogP contribution is -2.35. The summed E-state index contributed by atoms with van der Waals surface area (Å²) in [7, 11) is 1.78. The second-order valence-corrected chi connectivity index (χ2v) is 6.63. The molecule has 3 rings (SSSR count). The number of nitrogens with zero attached hydrogens (tertiary/aromatic N) is 3. The Morgan fingerprint density at radius 1 is 0.967 bits per heavy atom. The molecule has 3 aromatic rings. The van der Waals surface area contributed by atoms with E-state index in [0.29, 0.717) is 6.54 Å². The van der Waals surface area contributed by atoms with Crippen LogP contribution in [0.2, 0.25) is 0 Å². The van der Waals surface area contributed by atoms with Crippen LogP contribution in [0.15, 0.2) is 55.0 Å². The molecule has 1 aromatic carbocycles. The van der Waals surface area contributed by atoms with Crippen molar-refractivity contribution in [1.82, 2.24) is 25.4 Å². The summed E-state index contributed by atoms with van der Waals surface area (Å²) in [5.74, 6) is -2.02. The third-order valence-corrected chi connectivity index (χ3v) is 4.38. The molecule has 0 fully saturated rings. The van der Waals surface area contributed by atoms with Gasteiger partial charge in [0.1, 0.15) is 0 Å². The van der Waals surface area contributed by atoms with Crippen molar-refractivity contribution in [3.8, 4) is 0 Å². The van der Waals surface area contributed by atoms with Gasteiger partial charge in [0.2, 0.25) is 0 Å². The van der Waals surface area contributed by atoms with Gasteiger partial charge in [-0.1, -0.05) is 12.1 Å². The molecule has 0 saturated heterocycles. The zero-order chi connectivity index (χ0) is 21.5. The van der Waals surface area contributed by atoms with E-state index in [9.17, 15) is 14.4 Å². The molecular weight excluding hydrogens is 384 g/mol. The molecule has 0 bridgehead atoms. The lowest BCUT2D eigenvalue weighted by atomic mass is 10.1. The lowest BCUT2D eigenvalue weighted by Gasteiger charge is -2.11. The lowest BCUT2D eigenvalue weighted by molar-refractivity contribution is -0.136. The van der Waals surface area contributed by atoms with Gasteiger partial charge < -0.3 is 16.0 Å². The quantitative estimate of drug-likeness (QED) is 0.534. The molecule has 0 aliphatic carbocycles. The fourth-order valence-corrected chi connectivity index (χ4v) is 2.83. The third kappa shape index (κ3) is 5.28.